The molecule has 0 radical (unpaired) electrons. The van der Waals surface area contributed by atoms with Crippen LogP contribution in [0.2, 0.25) is 0 Å². The van der Waals surface area contributed by atoms with Gasteiger partial charge in [-0.1, -0.05) is 18.2 Å². The molecule has 116 valence electrons. The van der Waals surface area contributed by atoms with Crippen molar-refractivity contribution >= 4 is 17.6 Å². The van der Waals surface area contributed by atoms with Crippen LogP contribution in [0.1, 0.15) is 6.42 Å². The SMILES string of the molecule is CN(CC(=O)O)CC(=O)NCCCN(C)c1ccccc1. The van der Waals surface area contributed by atoms with Gasteiger partial charge in [0.1, 0.15) is 0 Å². The number of aliphatic carboxylic acids is 1. The van der Waals surface area contributed by atoms with Crippen molar-refractivity contribution in [3.05, 3.63) is 30.3 Å². The van der Waals surface area contributed by atoms with Crippen LogP contribution in [0.15, 0.2) is 30.3 Å². The highest BCUT2D eigenvalue weighted by molar-refractivity contribution is 5.78. The molecule has 6 heteroatoms. The fourth-order valence-electron chi connectivity index (χ4n) is 1.94. The van der Waals surface area contributed by atoms with Crippen molar-refractivity contribution in [1.82, 2.24) is 10.2 Å². The molecule has 2 N–H and O–H groups in total. The minimum Gasteiger partial charge on any atom is -0.480 e. The summed E-state index contributed by atoms with van der Waals surface area (Å²) in [4.78, 5) is 25.7. The number of carboxylic acid groups (broad SMARTS) is 1. The zero-order valence-electron chi connectivity index (χ0n) is 12.6. The second kappa shape index (κ2) is 8.97. The van der Waals surface area contributed by atoms with Crippen molar-refractivity contribution < 1.29 is 14.7 Å². The predicted molar refractivity (Wildman–Crippen MR) is 82.5 cm³/mol. The van der Waals surface area contributed by atoms with E-state index in [0.29, 0.717) is 6.54 Å². The van der Waals surface area contributed by atoms with E-state index in [0.717, 1.165) is 18.7 Å². The first kappa shape index (κ1) is 17.0. The van der Waals surface area contributed by atoms with E-state index in [2.05, 4.69) is 10.2 Å². The molecule has 1 aromatic carbocycles. The van der Waals surface area contributed by atoms with E-state index in [1.54, 1.807) is 7.05 Å². The van der Waals surface area contributed by atoms with Crippen LogP contribution < -0.4 is 10.2 Å². The third-order valence-corrected chi connectivity index (χ3v) is 3.01. The highest BCUT2D eigenvalue weighted by Crippen LogP contribution is 2.10. The number of anilines is 1. The van der Waals surface area contributed by atoms with Crippen molar-refractivity contribution in [3.8, 4) is 0 Å². The Labute approximate surface area is 125 Å². The van der Waals surface area contributed by atoms with Crippen LogP contribution >= 0.6 is 0 Å². The summed E-state index contributed by atoms with van der Waals surface area (Å²) in [7, 11) is 3.62. The first-order valence-electron chi connectivity index (χ1n) is 6.92. The molecule has 0 aromatic heterocycles. The van der Waals surface area contributed by atoms with E-state index in [1.165, 1.54) is 4.90 Å². The Morgan fingerprint density at radius 1 is 1.14 bits per heavy atom. The summed E-state index contributed by atoms with van der Waals surface area (Å²) in [6.45, 7) is 1.39. The zero-order valence-corrected chi connectivity index (χ0v) is 12.6. The van der Waals surface area contributed by atoms with Gasteiger partial charge in [0.05, 0.1) is 13.1 Å². The summed E-state index contributed by atoms with van der Waals surface area (Å²) in [6.07, 6.45) is 0.833. The van der Waals surface area contributed by atoms with Gasteiger partial charge in [-0.25, -0.2) is 0 Å². The number of nitrogens with zero attached hydrogens (tertiary/aromatic N) is 2. The molecule has 6 nitrogen and oxygen atoms in total. The molecule has 0 unspecified atom stereocenters. The third-order valence-electron chi connectivity index (χ3n) is 3.01. The van der Waals surface area contributed by atoms with Crippen molar-refractivity contribution in [2.24, 2.45) is 0 Å². The number of rotatable bonds is 9. The van der Waals surface area contributed by atoms with Crippen molar-refractivity contribution in [1.29, 1.82) is 0 Å². The number of carboxylic acids is 1. The molecule has 0 saturated carbocycles. The van der Waals surface area contributed by atoms with E-state index in [1.807, 2.05) is 37.4 Å². The number of hydrogen-bond acceptors (Lipinski definition) is 4. The molecule has 21 heavy (non-hydrogen) atoms. The number of likely N-dealkylation sites (N-methyl/N-ethyl adjacent to an activating group) is 1. The van der Waals surface area contributed by atoms with E-state index in [9.17, 15) is 9.59 Å². The molecule has 0 spiro atoms. The second-order valence-electron chi connectivity index (χ2n) is 5.03. The van der Waals surface area contributed by atoms with E-state index in [-0.39, 0.29) is 19.0 Å². The summed E-state index contributed by atoms with van der Waals surface area (Å²) in [5.41, 5.74) is 1.14. The number of carbonyl (C=O) groups excluding carboxylic acids is 1. The molecular formula is C15H23N3O3. The first-order chi connectivity index (χ1) is 9.99. The monoisotopic (exact) mass is 293 g/mol. The normalized spacial score (nSPS) is 10.4. The molecule has 0 saturated heterocycles. The summed E-state index contributed by atoms with van der Waals surface area (Å²) in [5.74, 6) is -1.09. The maximum Gasteiger partial charge on any atom is 0.317 e. The molecule has 1 rings (SSSR count). The predicted octanol–water partition coefficient (Wildman–Crippen LogP) is 0.646. The molecule has 1 amide bonds. The minimum atomic E-state index is -0.935. The van der Waals surface area contributed by atoms with Gasteiger partial charge in [-0.3, -0.25) is 14.5 Å². The van der Waals surface area contributed by atoms with Crippen LogP contribution in [0, 0.1) is 0 Å². The van der Waals surface area contributed by atoms with Gasteiger partial charge < -0.3 is 15.3 Å². The Morgan fingerprint density at radius 3 is 2.43 bits per heavy atom. The van der Waals surface area contributed by atoms with Crippen LogP contribution in [0.4, 0.5) is 5.69 Å². The summed E-state index contributed by atoms with van der Waals surface area (Å²) >= 11 is 0. The average molecular weight is 293 g/mol. The molecule has 0 aliphatic rings. The lowest BCUT2D eigenvalue weighted by Crippen LogP contribution is -2.38. The van der Waals surface area contributed by atoms with Gasteiger partial charge in [-0.05, 0) is 25.6 Å². The summed E-state index contributed by atoms with van der Waals surface area (Å²) in [5, 5.41) is 11.4. The lowest BCUT2D eigenvalue weighted by molar-refractivity contribution is -0.138. The van der Waals surface area contributed by atoms with Gasteiger partial charge in [-0.15, -0.1) is 0 Å². The minimum absolute atomic E-state index is 0.0980. The third kappa shape index (κ3) is 7.31. The van der Waals surface area contributed by atoms with Gasteiger partial charge in [0, 0.05) is 25.8 Å². The second-order valence-corrected chi connectivity index (χ2v) is 5.03. The Hall–Kier alpha value is -2.08. The largest absolute Gasteiger partial charge is 0.480 e. The van der Waals surface area contributed by atoms with E-state index in [4.69, 9.17) is 5.11 Å². The molecular weight excluding hydrogens is 270 g/mol. The van der Waals surface area contributed by atoms with Gasteiger partial charge in [0.2, 0.25) is 5.91 Å². The van der Waals surface area contributed by atoms with E-state index >= 15 is 0 Å². The van der Waals surface area contributed by atoms with Crippen LogP contribution in [0.3, 0.4) is 0 Å². The zero-order chi connectivity index (χ0) is 15.7. The fraction of sp³-hybridized carbons (Fsp3) is 0.467. The van der Waals surface area contributed by atoms with Gasteiger partial charge in [0.25, 0.3) is 0 Å². The molecule has 0 fully saturated rings. The van der Waals surface area contributed by atoms with Crippen molar-refractivity contribution in [2.75, 3.05) is 45.2 Å². The number of carbonyl (C=O) groups is 2. The first-order valence-corrected chi connectivity index (χ1v) is 6.92. The highest BCUT2D eigenvalue weighted by Gasteiger charge is 2.09. The number of benzene rings is 1. The van der Waals surface area contributed by atoms with Gasteiger partial charge >= 0.3 is 5.97 Å². The topological polar surface area (TPSA) is 72.9 Å². The Balaban J connectivity index is 2.16. The van der Waals surface area contributed by atoms with E-state index < -0.39 is 5.97 Å². The quantitative estimate of drug-likeness (QED) is 0.654. The van der Waals surface area contributed by atoms with Gasteiger partial charge in [-0.2, -0.15) is 0 Å². The lowest BCUT2D eigenvalue weighted by atomic mass is 10.3. The summed E-state index contributed by atoms with van der Waals surface area (Å²) in [6, 6.07) is 10.0. The maximum atomic E-state index is 11.6. The molecule has 1 aromatic rings. The van der Waals surface area contributed by atoms with Gasteiger partial charge in [0.15, 0.2) is 0 Å². The van der Waals surface area contributed by atoms with Crippen LogP contribution in [-0.2, 0) is 9.59 Å². The molecule has 0 atom stereocenters. The Kier molecular flexibility index (Phi) is 7.25. The number of nitrogens with one attached hydrogen (secondary N) is 1. The van der Waals surface area contributed by atoms with Crippen LogP contribution in [0.5, 0.6) is 0 Å². The van der Waals surface area contributed by atoms with Crippen molar-refractivity contribution in [2.45, 2.75) is 6.42 Å². The molecule has 0 aliphatic carbocycles. The fourth-order valence-corrected chi connectivity index (χ4v) is 1.94. The lowest BCUT2D eigenvalue weighted by Gasteiger charge is -2.19. The number of amides is 1. The standard InChI is InChI=1S/C15H23N3O3/c1-17(12-15(20)21)11-14(19)16-9-6-10-18(2)13-7-4-3-5-8-13/h3-5,7-8H,6,9-12H2,1-2H3,(H,16,19)(H,20,21). The maximum absolute atomic E-state index is 11.6. The highest BCUT2D eigenvalue weighted by atomic mass is 16.4. The Bertz CT molecular complexity index is 451. The molecule has 0 aliphatic heterocycles. The van der Waals surface area contributed by atoms with Crippen molar-refractivity contribution in [3.63, 3.8) is 0 Å². The Morgan fingerprint density at radius 2 is 1.81 bits per heavy atom. The number of para-hydroxylation sites is 1. The average Bonchev–Trinajstić information content (AvgIpc) is 2.43. The molecule has 0 bridgehead atoms. The molecule has 0 heterocycles. The summed E-state index contributed by atoms with van der Waals surface area (Å²) < 4.78 is 0. The number of hydrogen-bond donors (Lipinski definition) is 2. The van der Waals surface area contributed by atoms with Crippen LogP contribution in [0.25, 0.3) is 0 Å². The van der Waals surface area contributed by atoms with Crippen LogP contribution in [-0.4, -0.2) is 62.2 Å². The smallest absolute Gasteiger partial charge is 0.317 e.